The van der Waals surface area contributed by atoms with Gasteiger partial charge in [0.2, 0.25) is 0 Å². The number of nitrogens with zero attached hydrogens (tertiary/aromatic N) is 4. The first kappa shape index (κ1) is 22.9. The molecule has 10 nitrogen and oxygen atoms in total. The normalized spacial score (nSPS) is 21.8. The monoisotopic (exact) mass is 474 g/mol. The van der Waals surface area contributed by atoms with Gasteiger partial charge in [-0.3, -0.25) is 9.36 Å². The van der Waals surface area contributed by atoms with Crippen LogP contribution in [0, 0.1) is 6.92 Å². The van der Waals surface area contributed by atoms with E-state index in [0.29, 0.717) is 29.4 Å². The first-order valence-corrected chi connectivity index (χ1v) is 11.3. The molecular weight excluding hydrogens is 448 g/mol. The lowest BCUT2D eigenvalue weighted by molar-refractivity contribution is -0.137. The predicted octanol–water partition coefficient (Wildman–Crippen LogP) is 1.78. The third kappa shape index (κ3) is 4.34. The predicted molar refractivity (Wildman–Crippen MR) is 129 cm³/mol. The number of hydrogen-bond acceptors (Lipinski definition) is 8. The SMILES string of the molecule is CNC(=O)[C@H]1O[C@@H](n2cnc3c(NCc4ccccc4)nc(-c4ccc(C)cc4)nc32)[C@H](O)[C@@H]1O. The minimum atomic E-state index is -1.40. The van der Waals surface area contributed by atoms with E-state index in [-0.39, 0.29) is 0 Å². The second kappa shape index (κ2) is 9.41. The molecule has 4 N–H and O–H groups in total. The van der Waals surface area contributed by atoms with Crippen molar-refractivity contribution in [3.8, 4) is 11.4 Å². The fourth-order valence-electron chi connectivity index (χ4n) is 4.09. The first-order chi connectivity index (χ1) is 17.0. The molecule has 0 spiro atoms. The highest BCUT2D eigenvalue weighted by molar-refractivity contribution is 5.85. The maximum Gasteiger partial charge on any atom is 0.251 e. The lowest BCUT2D eigenvalue weighted by atomic mass is 10.1. The van der Waals surface area contributed by atoms with Crippen LogP contribution in [0.3, 0.4) is 0 Å². The van der Waals surface area contributed by atoms with Crippen molar-refractivity contribution in [2.24, 2.45) is 0 Å². The highest BCUT2D eigenvalue weighted by atomic mass is 16.6. The summed E-state index contributed by atoms with van der Waals surface area (Å²) in [6.45, 7) is 2.52. The van der Waals surface area contributed by atoms with Gasteiger partial charge in [-0.15, -0.1) is 0 Å². The van der Waals surface area contributed by atoms with Gasteiger partial charge in [0.05, 0.1) is 6.33 Å². The van der Waals surface area contributed by atoms with E-state index in [9.17, 15) is 15.0 Å². The van der Waals surface area contributed by atoms with Crippen LogP contribution in [0.2, 0.25) is 0 Å². The van der Waals surface area contributed by atoms with Crippen molar-refractivity contribution < 1.29 is 19.7 Å². The quantitative estimate of drug-likeness (QED) is 0.332. The van der Waals surface area contributed by atoms with Crippen molar-refractivity contribution in [1.82, 2.24) is 24.8 Å². The van der Waals surface area contributed by atoms with E-state index < -0.39 is 30.4 Å². The Morgan fingerprint density at radius 1 is 1.06 bits per heavy atom. The number of aryl methyl sites for hydroxylation is 1. The fourth-order valence-corrected chi connectivity index (χ4v) is 4.09. The Hall–Kier alpha value is -3.86. The number of anilines is 1. The number of aliphatic hydroxyl groups is 2. The molecule has 10 heteroatoms. The van der Waals surface area contributed by atoms with E-state index in [1.165, 1.54) is 17.9 Å². The Bertz CT molecular complexity index is 1340. The molecule has 2 aromatic heterocycles. The summed E-state index contributed by atoms with van der Waals surface area (Å²) in [4.78, 5) is 26.1. The molecule has 35 heavy (non-hydrogen) atoms. The van der Waals surface area contributed by atoms with Crippen LogP contribution >= 0.6 is 0 Å². The number of nitrogens with one attached hydrogen (secondary N) is 2. The number of hydrogen-bond donors (Lipinski definition) is 4. The minimum Gasteiger partial charge on any atom is -0.387 e. The summed E-state index contributed by atoms with van der Waals surface area (Å²) in [5.41, 5.74) is 3.87. The maximum absolute atomic E-state index is 12.1. The van der Waals surface area contributed by atoms with Gasteiger partial charge in [0, 0.05) is 19.2 Å². The van der Waals surface area contributed by atoms with Crippen molar-refractivity contribution in [2.75, 3.05) is 12.4 Å². The van der Waals surface area contributed by atoms with Crippen LogP contribution < -0.4 is 10.6 Å². The molecule has 4 atom stereocenters. The average molecular weight is 475 g/mol. The topological polar surface area (TPSA) is 134 Å². The Kier molecular flexibility index (Phi) is 6.16. The number of rotatable bonds is 6. The van der Waals surface area contributed by atoms with Crippen LogP contribution in [0.25, 0.3) is 22.6 Å². The second-order valence-corrected chi connectivity index (χ2v) is 8.47. The molecule has 2 aromatic carbocycles. The number of imidazole rings is 1. The van der Waals surface area contributed by atoms with Gasteiger partial charge >= 0.3 is 0 Å². The largest absolute Gasteiger partial charge is 0.387 e. The number of amides is 1. The molecule has 0 unspecified atom stereocenters. The summed E-state index contributed by atoms with van der Waals surface area (Å²) in [6.07, 6.45) is -3.55. The van der Waals surface area contributed by atoms with Gasteiger partial charge in [-0.2, -0.15) is 0 Å². The van der Waals surface area contributed by atoms with Crippen LogP contribution in [0.1, 0.15) is 17.4 Å². The Labute approximate surface area is 201 Å². The molecule has 3 heterocycles. The van der Waals surface area contributed by atoms with Gasteiger partial charge < -0.3 is 25.6 Å². The summed E-state index contributed by atoms with van der Waals surface area (Å²) in [5.74, 6) is 0.457. The van der Waals surface area contributed by atoms with Crippen LogP contribution in [0.15, 0.2) is 60.9 Å². The molecule has 1 aliphatic heterocycles. The van der Waals surface area contributed by atoms with Gasteiger partial charge in [0.25, 0.3) is 5.91 Å². The summed E-state index contributed by atoms with van der Waals surface area (Å²) in [5, 5.41) is 26.9. The molecule has 180 valence electrons. The molecule has 0 radical (unpaired) electrons. The van der Waals surface area contributed by atoms with Crippen molar-refractivity contribution in [2.45, 2.75) is 38.0 Å². The van der Waals surface area contributed by atoms with Gasteiger partial charge in [0.1, 0.15) is 12.2 Å². The zero-order chi connectivity index (χ0) is 24.5. The van der Waals surface area contributed by atoms with E-state index in [2.05, 4.69) is 15.6 Å². The molecular formula is C25H26N6O4. The highest BCUT2D eigenvalue weighted by Gasteiger charge is 2.47. The lowest BCUT2D eigenvalue weighted by Gasteiger charge is -2.17. The van der Waals surface area contributed by atoms with E-state index in [0.717, 1.165) is 16.7 Å². The molecule has 4 aromatic rings. The number of fused-ring (bicyclic) bond motifs is 1. The van der Waals surface area contributed by atoms with E-state index in [4.69, 9.17) is 14.7 Å². The standard InChI is InChI=1S/C25H26N6O4/c1-14-8-10-16(11-9-14)21-29-22(27-12-15-6-4-3-5-7-15)17-23(30-21)31(13-28-17)25-19(33)18(32)20(35-25)24(34)26-2/h3-11,13,18-20,25,32-33H,12H2,1-2H3,(H,26,34)(H,27,29,30)/t18-,19+,20-,25+/m0/s1. The second-order valence-electron chi connectivity index (χ2n) is 8.47. The molecule has 1 aliphatic rings. The van der Waals surface area contributed by atoms with Crippen molar-refractivity contribution in [3.63, 3.8) is 0 Å². The number of carbonyl (C=O) groups is 1. The van der Waals surface area contributed by atoms with Crippen molar-refractivity contribution >= 4 is 22.9 Å². The molecule has 5 rings (SSSR count). The number of benzene rings is 2. The van der Waals surface area contributed by atoms with Crippen molar-refractivity contribution in [1.29, 1.82) is 0 Å². The number of aromatic nitrogens is 4. The Morgan fingerprint density at radius 3 is 2.51 bits per heavy atom. The first-order valence-electron chi connectivity index (χ1n) is 11.3. The fraction of sp³-hybridized carbons (Fsp3) is 0.280. The van der Waals surface area contributed by atoms with Crippen LogP contribution in [-0.4, -0.2) is 61.0 Å². The molecule has 1 saturated heterocycles. The number of likely N-dealkylation sites (N-methyl/N-ethyl adjacent to an activating group) is 1. The van der Waals surface area contributed by atoms with Gasteiger partial charge in [-0.1, -0.05) is 60.2 Å². The van der Waals surface area contributed by atoms with Gasteiger partial charge in [-0.05, 0) is 12.5 Å². The molecule has 0 aliphatic carbocycles. The molecule has 0 bridgehead atoms. The molecule has 1 amide bonds. The van der Waals surface area contributed by atoms with E-state index in [1.54, 1.807) is 0 Å². The lowest BCUT2D eigenvalue weighted by Crippen LogP contribution is -2.41. The van der Waals surface area contributed by atoms with E-state index >= 15 is 0 Å². The summed E-state index contributed by atoms with van der Waals surface area (Å²) >= 11 is 0. The zero-order valence-corrected chi connectivity index (χ0v) is 19.3. The number of aliphatic hydroxyl groups excluding tert-OH is 2. The minimum absolute atomic E-state index is 0.403. The third-order valence-corrected chi connectivity index (χ3v) is 6.05. The van der Waals surface area contributed by atoms with Crippen LogP contribution in [-0.2, 0) is 16.1 Å². The van der Waals surface area contributed by atoms with Crippen LogP contribution in [0.5, 0.6) is 0 Å². The van der Waals surface area contributed by atoms with E-state index in [1.807, 2.05) is 61.5 Å². The van der Waals surface area contributed by atoms with Gasteiger partial charge in [-0.25, -0.2) is 15.0 Å². The average Bonchev–Trinajstić information content (AvgIpc) is 3.44. The maximum atomic E-state index is 12.1. The number of ether oxygens (including phenoxy) is 1. The zero-order valence-electron chi connectivity index (χ0n) is 19.3. The summed E-state index contributed by atoms with van der Waals surface area (Å²) in [6, 6.07) is 17.7. The summed E-state index contributed by atoms with van der Waals surface area (Å²) < 4.78 is 7.28. The molecule has 1 fully saturated rings. The Morgan fingerprint density at radius 2 is 1.80 bits per heavy atom. The van der Waals surface area contributed by atoms with Crippen LogP contribution in [0.4, 0.5) is 5.82 Å². The van der Waals surface area contributed by atoms with Crippen molar-refractivity contribution in [3.05, 3.63) is 72.1 Å². The summed E-state index contributed by atoms with van der Waals surface area (Å²) in [7, 11) is 1.44. The smallest absolute Gasteiger partial charge is 0.251 e. The Balaban J connectivity index is 1.58. The molecule has 0 saturated carbocycles. The third-order valence-electron chi connectivity index (χ3n) is 6.05. The number of carbonyl (C=O) groups excluding carboxylic acids is 1. The highest BCUT2D eigenvalue weighted by Crippen LogP contribution is 2.33. The van der Waals surface area contributed by atoms with Gasteiger partial charge in [0.15, 0.2) is 35.1 Å².